The van der Waals surface area contributed by atoms with Gasteiger partial charge in [-0.15, -0.1) is 0 Å². The molecule has 2 heterocycles. The van der Waals surface area contributed by atoms with Crippen LogP contribution in [0, 0.1) is 13.8 Å². The van der Waals surface area contributed by atoms with Crippen LogP contribution in [0.5, 0.6) is 5.88 Å². The van der Waals surface area contributed by atoms with Crippen LogP contribution in [0.4, 0.5) is 0 Å². The van der Waals surface area contributed by atoms with Crippen molar-refractivity contribution in [2.45, 2.75) is 13.8 Å². The third-order valence-electron chi connectivity index (χ3n) is 4.49. The number of amides is 1. The third-order valence-corrected chi connectivity index (χ3v) is 4.49. The topological polar surface area (TPSA) is 65.4 Å². The Morgan fingerprint density at radius 3 is 2.38 bits per heavy atom. The fourth-order valence-corrected chi connectivity index (χ4v) is 3.06. The molecule has 2 aromatic carbocycles. The van der Waals surface area contributed by atoms with E-state index in [1.165, 1.54) is 5.56 Å². The number of aliphatic imine (C=N–C) groups is 1. The number of H-pyrrole nitrogens is 1. The first-order valence-corrected chi connectivity index (χ1v) is 7.77. The Hall–Kier alpha value is -3.14. The van der Waals surface area contributed by atoms with E-state index >= 15 is 0 Å². The van der Waals surface area contributed by atoms with Crippen molar-refractivity contribution < 1.29 is 9.90 Å². The van der Waals surface area contributed by atoms with Crippen LogP contribution in [0.2, 0.25) is 0 Å². The number of carbonyl (C=O) groups excluding carboxylic acids is 1. The predicted octanol–water partition coefficient (Wildman–Crippen LogP) is 4.00. The molecule has 0 atom stereocenters. The van der Waals surface area contributed by atoms with Gasteiger partial charge in [-0.2, -0.15) is 0 Å². The van der Waals surface area contributed by atoms with Gasteiger partial charge in [0.05, 0.1) is 22.5 Å². The highest BCUT2D eigenvalue weighted by atomic mass is 16.3. The van der Waals surface area contributed by atoms with Gasteiger partial charge in [0, 0.05) is 5.56 Å². The van der Waals surface area contributed by atoms with Gasteiger partial charge in [0.2, 0.25) is 0 Å². The summed E-state index contributed by atoms with van der Waals surface area (Å²) in [6.07, 6.45) is 0. The molecule has 0 aliphatic carbocycles. The second-order valence-electron chi connectivity index (χ2n) is 6.03. The number of aromatic hydroxyl groups is 1. The highest BCUT2D eigenvalue weighted by Crippen LogP contribution is 2.38. The van der Waals surface area contributed by atoms with Crippen molar-refractivity contribution >= 4 is 11.6 Å². The average molecular weight is 316 g/mol. The van der Waals surface area contributed by atoms with Gasteiger partial charge in [0.15, 0.2) is 5.88 Å². The summed E-state index contributed by atoms with van der Waals surface area (Å²) in [4.78, 5) is 19.6. The van der Waals surface area contributed by atoms with Crippen LogP contribution in [0.25, 0.3) is 11.3 Å². The van der Waals surface area contributed by atoms with Gasteiger partial charge in [-0.1, -0.05) is 42.5 Å². The van der Waals surface area contributed by atoms with E-state index in [2.05, 4.69) is 9.98 Å². The standard InChI is InChI=1S/C20H16N2O2/c1-11-8-9-14(10-12(11)2)18-16-15(19(23)22-18)17(21-20(16)24)13-6-4-3-5-7-13/h3-10,22-23H,1-2H3. The van der Waals surface area contributed by atoms with Crippen molar-refractivity contribution in [2.75, 3.05) is 0 Å². The number of nitrogens with one attached hydrogen (secondary N) is 1. The Kier molecular flexibility index (Phi) is 3.13. The number of aryl methyl sites for hydroxylation is 2. The summed E-state index contributed by atoms with van der Waals surface area (Å²) in [5.74, 6) is -0.347. The molecule has 1 aromatic heterocycles. The zero-order valence-electron chi connectivity index (χ0n) is 13.4. The summed E-state index contributed by atoms with van der Waals surface area (Å²) in [5.41, 5.74) is 6.04. The number of rotatable bonds is 2. The molecule has 0 saturated heterocycles. The van der Waals surface area contributed by atoms with Crippen molar-refractivity contribution in [3.05, 3.63) is 76.3 Å². The number of fused-ring (bicyclic) bond motifs is 1. The molecule has 24 heavy (non-hydrogen) atoms. The quantitative estimate of drug-likeness (QED) is 0.750. The lowest BCUT2D eigenvalue weighted by molar-refractivity contribution is 0.101. The average Bonchev–Trinajstić information content (AvgIpc) is 3.10. The monoisotopic (exact) mass is 316 g/mol. The maximum Gasteiger partial charge on any atom is 0.280 e. The molecule has 4 rings (SSSR count). The molecule has 4 heteroatoms. The summed E-state index contributed by atoms with van der Waals surface area (Å²) in [6.45, 7) is 4.06. The largest absolute Gasteiger partial charge is 0.494 e. The lowest BCUT2D eigenvalue weighted by atomic mass is 9.98. The number of benzene rings is 2. The maximum atomic E-state index is 12.5. The number of nitrogens with zero attached hydrogens (tertiary/aromatic N) is 1. The highest BCUT2D eigenvalue weighted by Gasteiger charge is 2.33. The highest BCUT2D eigenvalue weighted by molar-refractivity contribution is 6.30. The van der Waals surface area contributed by atoms with E-state index in [9.17, 15) is 9.90 Å². The smallest absolute Gasteiger partial charge is 0.280 e. The van der Waals surface area contributed by atoms with Gasteiger partial charge >= 0.3 is 0 Å². The van der Waals surface area contributed by atoms with Gasteiger partial charge in [0.1, 0.15) is 0 Å². The van der Waals surface area contributed by atoms with Crippen LogP contribution in [0.1, 0.15) is 32.6 Å². The molecule has 0 fully saturated rings. The van der Waals surface area contributed by atoms with Gasteiger partial charge in [-0.25, -0.2) is 4.99 Å². The van der Waals surface area contributed by atoms with Gasteiger partial charge in [-0.05, 0) is 36.6 Å². The molecule has 4 nitrogen and oxygen atoms in total. The maximum absolute atomic E-state index is 12.5. The van der Waals surface area contributed by atoms with Crippen LogP contribution >= 0.6 is 0 Å². The number of aromatic amines is 1. The Morgan fingerprint density at radius 1 is 0.917 bits per heavy atom. The van der Waals surface area contributed by atoms with Crippen molar-refractivity contribution in [2.24, 2.45) is 4.99 Å². The Balaban J connectivity index is 1.90. The molecule has 2 N–H and O–H groups in total. The zero-order chi connectivity index (χ0) is 16.8. The lowest BCUT2D eigenvalue weighted by Gasteiger charge is -2.04. The molecule has 0 spiro atoms. The molecule has 0 unspecified atom stereocenters. The molecule has 118 valence electrons. The summed E-state index contributed by atoms with van der Waals surface area (Å²) in [6, 6.07) is 15.4. The lowest BCUT2D eigenvalue weighted by Crippen LogP contribution is -1.99. The fraction of sp³-hybridized carbons (Fsp3) is 0.100. The number of hydrogen-bond acceptors (Lipinski definition) is 2. The minimum atomic E-state index is -0.325. The fourth-order valence-electron chi connectivity index (χ4n) is 3.06. The normalized spacial score (nSPS) is 13.1. The van der Waals surface area contributed by atoms with Crippen molar-refractivity contribution in [1.29, 1.82) is 0 Å². The second kappa shape index (κ2) is 5.20. The Labute approximate surface area is 139 Å². The van der Waals surface area contributed by atoms with Crippen molar-refractivity contribution in [3.8, 4) is 17.1 Å². The summed E-state index contributed by atoms with van der Waals surface area (Å²) in [7, 11) is 0. The van der Waals surface area contributed by atoms with Gasteiger partial charge < -0.3 is 10.1 Å². The molecule has 1 amide bonds. The predicted molar refractivity (Wildman–Crippen MR) is 93.8 cm³/mol. The molecule has 1 aliphatic heterocycles. The number of carbonyl (C=O) groups is 1. The van der Waals surface area contributed by atoms with E-state index in [4.69, 9.17) is 0 Å². The number of hydrogen-bond donors (Lipinski definition) is 2. The van der Waals surface area contributed by atoms with Crippen LogP contribution in [0.3, 0.4) is 0 Å². The van der Waals surface area contributed by atoms with E-state index in [-0.39, 0.29) is 11.8 Å². The Bertz CT molecular complexity index is 998. The Morgan fingerprint density at radius 2 is 1.67 bits per heavy atom. The molecular weight excluding hydrogens is 300 g/mol. The summed E-state index contributed by atoms with van der Waals surface area (Å²) in [5, 5.41) is 10.4. The third kappa shape index (κ3) is 2.07. The van der Waals surface area contributed by atoms with Crippen LogP contribution in [-0.4, -0.2) is 21.7 Å². The molecule has 0 radical (unpaired) electrons. The molecule has 0 bridgehead atoms. The van der Waals surface area contributed by atoms with E-state index in [0.717, 1.165) is 16.7 Å². The van der Waals surface area contributed by atoms with Crippen molar-refractivity contribution in [1.82, 2.24) is 4.98 Å². The first-order chi connectivity index (χ1) is 11.6. The number of aromatic nitrogens is 1. The minimum Gasteiger partial charge on any atom is -0.494 e. The molecular formula is C20H16N2O2. The van der Waals surface area contributed by atoms with E-state index in [0.29, 0.717) is 22.5 Å². The second-order valence-corrected chi connectivity index (χ2v) is 6.03. The van der Waals surface area contributed by atoms with Crippen LogP contribution in [0.15, 0.2) is 53.5 Å². The summed E-state index contributed by atoms with van der Waals surface area (Å²) < 4.78 is 0. The van der Waals surface area contributed by atoms with Crippen molar-refractivity contribution in [3.63, 3.8) is 0 Å². The van der Waals surface area contributed by atoms with E-state index < -0.39 is 0 Å². The molecule has 1 aliphatic rings. The first kappa shape index (κ1) is 14.5. The van der Waals surface area contributed by atoms with Gasteiger partial charge in [0.25, 0.3) is 5.91 Å². The summed E-state index contributed by atoms with van der Waals surface area (Å²) >= 11 is 0. The van der Waals surface area contributed by atoms with Gasteiger partial charge in [-0.3, -0.25) is 4.79 Å². The van der Waals surface area contributed by atoms with E-state index in [1.807, 2.05) is 62.4 Å². The van der Waals surface area contributed by atoms with Crippen LogP contribution < -0.4 is 0 Å². The molecule has 3 aromatic rings. The SMILES string of the molecule is Cc1ccc(-c2[nH]c(O)c3c2C(=O)N=C3c2ccccc2)cc1C. The minimum absolute atomic E-state index is 0.0216. The van der Waals surface area contributed by atoms with E-state index in [1.54, 1.807) is 0 Å². The van der Waals surface area contributed by atoms with Crippen LogP contribution in [-0.2, 0) is 0 Å². The molecule has 0 saturated carbocycles. The first-order valence-electron chi connectivity index (χ1n) is 7.77. The zero-order valence-corrected chi connectivity index (χ0v) is 13.4.